The van der Waals surface area contributed by atoms with E-state index in [0.717, 1.165) is 11.1 Å². The molecule has 1 N–H and O–H groups in total. The minimum absolute atomic E-state index is 0.0566. The highest BCUT2D eigenvalue weighted by Gasteiger charge is 2.31. The standard InChI is InChI=1S/C16H20O3/c1-4-19-15(18)16(2,3)14-10-7-9-13(12-14)8-5-6-11-17/h7,9-10,12,17H,4,6,11H2,1-3H3. The summed E-state index contributed by atoms with van der Waals surface area (Å²) in [6.07, 6.45) is 0.450. The number of rotatable bonds is 4. The first-order chi connectivity index (χ1) is 9.02. The van der Waals surface area contributed by atoms with Gasteiger partial charge in [-0.1, -0.05) is 24.0 Å². The van der Waals surface area contributed by atoms with Gasteiger partial charge in [-0.25, -0.2) is 0 Å². The molecule has 1 aromatic carbocycles. The predicted molar refractivity (Wildman–Crippen MR) is 74.7 cm³/mol. The van der Waals surface area contributed by atoms with E-state index < -0.39 is 5.41 Å². The zero-order chi connectivity index (χ0) is 14.3. The molecule has 1 aromatic rings. The van der Waals surface area contributed by atoms with Gasteiger partial charge in [0.15, 0.2) is 0 Å². The van der Waals surface area contributed by atoms with E-state index in [-0.39, 0.29) is 12.6 Å². The van der Waals surface area contributed by atoms with Crippen molar-refractivity contribution in [3.05, 3.63) is 35.4 Å². The Bertz CT molecular complexity index is 492. The molecule has 0 aliphatic heterocycles. The molecule has 0 spiro atoms. The highest BCUT2D eigenvalue weighted by Crippen LogP contribution is 2.25. The first-order valence-corrected chi connectivity index (χ1v) is 6.40. The van der Waals surface area contributed by atoms with Gasteiger partial charge in [0.05, 0.1) is 18.6 Å². The van der Waals surface area contributed by atoms with Crippen LogP contribution < -0.4 is 0 Å². The maximum Gasteiger partial charge on any atom is 0.315 e. The Kier molecular flexibility index (Phi) is 5.59. The van der Waals surface area contributed by atoms with Crippen molar-refractivity contribution in [1.29, 1.82) is 0 Å². The molecule has 0 atom stereocenters. The molecule has 0 bridgehead atoms. The van der Waals surface area contributed by atoms with Crippen molar-refractivity contribution < 1.29 is 14.6 Å². The van der Waals surface area contributed by atoms with Crippen LogP contribution in [0.15, 0.2) is 24.3 Å². The zero-order valence-corrected chi connectivity index (χ0v) is 11.7. The molecule has 0 saturated heterocycles. The molecule has 0 aromatic heterocycles. The molecule has 0 radical (unpaired) electrons. The van der Waals surface area contributed by atoms with Crippen LogP contribution >= 0.6 is 0 Å². The summed E-state index contributed by atoms with van der Waals surface area (Å²) in [6, 6.07) is 7.55. The fourth-order valence-electron chi connectivity index (χ4n) is 1.64. The smallest absolute Gasteiger partial charge is 0.315 e. The van der Waals surface area contributed by atoms with Gasteiger partial charge in [0, 0.05) is 12.0 Å². The average Bonchev–Trinajstić information content (AvgIpc) is 2.39. The first-order valence-electron chi connectivity index (χ1n) is 6.40. The summed E-state index contributed by atoms with van der Waals surface area (Å²) in [6.45, 7) is 5.90. The lowest BCUT2D eigenvalue weighted by Gasteiger charge is -2.22. The van der Waals surface area contributed by atoms with Crippen molar-refractivity contribution in [3.8, 4) is 11.8 Å². The Morgan fingerprint density at radius 2 is 2.16 bits per heavy atom. The number of carbonyl (C=O) groups is 1. The van der Waals surface area contributed by atoms with Gasteiger partial charge in [-0.2, -0.15) is 0 Å². The van der Waals surface area contributed by atoms with Crippen molar-refractivity contribution in [1.82, 2.24) is 0 Å². The Morgan fingerprint density at radius 3 is 2.79 bits per heavy atom. The quantitative estimate of drug-likeness (QED) is 0.667. The molecule has 0 amide bonds. The van der Waals surface area contributed by atoms with Crippen molar-refractivity contribution in [2.75, 3.05) is 13.2 Å². The number of ether oxygens (including phenoxy) is 1. The van der Waals surface area contributed by atoms with E-state index in [2.05, 4.69) is 11.8 Å². The Labute approximate surface area is 114 Å². The molecule has 102 valence electrons. The molecule has 19 heavy (non-hydrogen) atoms. The van der Waals surface area contributed by atoms with Crippen molar-refractivity contribution >= 4 is 5.97 Å². The lowest BCUT2D eigenvalue weighted by atomic mass is 9.84. The van der Waals surface area contributed by atoms with E-state index in [0.29, 0.717) is 13.0 Å². The number of carbonyl (C=O) groups excluding carboxylic acids is 1. The Hall–Kier alpha value is -1.79. The minimum atomic E-state index is -0.690. The van der Waals surface area contributed by atoms with Crippen LogP contribution in [0.25, 0.3) is 0 Å². The lowest BCUT2D eigenvalue weighted by molar-refractivity contribution is -0.148. The summed E-state index contributed by atoms with van der Waals surface area (Å²) in [7, 11) is 0. The summed E-state index contributed by atoms with van der Waals surface area (Å²) in [5, 5.41) is 8.70. The molecule has 0 unspecified atom stereocenters. The van der Waals surface area contributed by atoms with Crippen LogP contribution in [0.1, 0.15) is 38.3 Å². The highest BCUT2D eigenvalue weighted by molar-refractivity contribution is 5.82. The fourth-order valence-corrected chi connectivity index (χ4v) is 1.64. The monoisotopic (exact) mass is 260 g/mol. The lowest BCUT2D eigenvalue weighted by Crippen LogP contribution is -2.31. The molecule has 3 heteroatoms. The summed E-state index contributed by atoms with van der Waals surface area (Å²) < 4.78 is 5.09. The van der Waals surface area contributed by atoms with Crippen molar-refractivity contribution in [2.45, 2.75) is 32.6 Å². The highest BCUT2D eigenvalue weighted by atomic mass is 16.5. The van der Waals surface area contributed by atoms with Crippen LogP contribution in [0.3, 0.4) is 0 Å². The van der Waals surface area contributed by atoms with E-state index >= 15 is 0 Å². The van der Waals surface area contributed by atoms with Crippen LogP contribution in [0, 0.1) is 11.8 Å². The fraction of sp³-hybridized carbons (Fsp3) is 0.438. The predicted octanol–water partition coefficient (Wildman–Crippen LogP) is 2.26. The molecule has 0 aliphatic rings. The second kappa shape index (κ2) is 6.96. The minimum Gasteiger partial charge on any atom is -0.465 e. The normalized spacial score (nSPS) is 10.5. The Balaban J connectivity index is 2.99. The summed E-state index contributed by atoms with van der Waals surface area (Å²) in [4.78, 5) is 11.9. The van der Waals surface area contributed by atoms with Gasteiger partial charge in [-0.15, -0.1) is 0 Å². The number of aliphatic hydroxyl groups is 1. The summed E-state index contributed by atoms with van der Waals surface area (Å²) in [5.74, 6) is 5.59. The van der Waals surface area contributed by atoms with E-state index in [1.165, 1.54) is 0 Å². The van der Waals surface area contributed by atoms with Crippen molar-refractivity contribution in [3.63, 3.8) is 0 Å². The van der Waals surface area contributed by atoms with Crippen LogP contribution in [0.4, 0.5) is 0 Å². The average molecular weight is 260 g/mol. The van der Waals surface area contributed by atoms with Crippen LogP contribution in [-0.4, -0.2) is 24.3 Å². The van der Waals surface area contributed by atoms with E-state index in [1.807, 2.05) is 38.1 Å². The molecule has 0 aliphatic carbocycles. The molecule has 0 heterocycles. The third kappa shape index (κ3) is 4.11. The number of hydrogen-bond donors (Lipinski definition) is 1. The maximum atomic E-state index is 11.9. The number of esters is 1. The second-order valence-corrected chi connectivity index (χ2v) is 4.70. The van der Waals surface area contributed by atoms with Gasteiger partial charge in [0.2, 0.25) is 0 Å². The van der Waals surface area contributed by atoms with Crippen LogP contribution in [0.5, 0.6) is 0 Å². The largest absolute Gasteiger partial charge is 0.465 e. The van der Waals surface area contributed by atoms with Gasteiger partial charge in [-0.3, -0.25) is 4.79 Å². The third-order valence-corrected chi connectivity index (χ3v) is 2.84. The van der Waals surface area contributed by atoms with E-state index in [1.54, 1.807) is 6.92 Å². The van der Waals surface area contributed by atoms with Crippen LogP contribution in [-0.2, 0) is 14.9 Å². The molecule has 1 rings (SSSR count). The molecule has 3 nitrogen and oxygen atoms in total. The maximum absolute atomic E-state index is 11.9. The molecular weight excluding hydrogens is 240 g/mol. The van der Waals surface area contributed by atoms with Crippen LogP contribution in [0.2, 0.25) is 0 Å². The van der Waals surface area contributed by atoms with Gasteiger partial charge in [-0.05, 0) is 38.5 Å². The van der Waals surface area contributed by atoms with E-state index in [9.17, 15) is 4.79 Å². The topological polar surface area (TPSA) is 46.5 Å². The molecule has 0 saturated carbocycles. The van der Waals surface area contributed by atoms with Gasteiger partial charge in [0.1, 0.15) is 0 Å². The summed E-state index contributed by atoms with van der Waals surface area (Å²) >= 11 is 0. The number of aliphatic hydroxyl groups excluding tert-OH is 1. The number of hydrogen-bond acceptors (Lipinski definition) is 3. The van der Waals surface area contributed by atoms with Gasteiger partial charge in [0.25, 0.3) is 0 Å². The first kappa shape index (κ1) is 15.3. The SMILES string of the molecule is CCOC(=O)C(C)(C)c1cccc(C#CCCO)c1. The third-order valence-electron chi connectivity index (χ3n) is 2.84. The Morgan fingerprint density at radius 1 is 1.42 bits per heavy atom. The molecule has 0 fully saturated rings. The van der Waals surface area contributed by atoms with E-state index in [4.69, 9.17) is 9.84 Å². The number of benzene rings is 1. The summed E-state index contributed by atoms with van der Waals surface area (Å²) in [5.41, 5.74) is 1.02. The van der Waals surface area contributed by atoms with Crippen molar-refractivity contribution in [2.24, 2.45) is 0 Å². The molecular formula is C16H20O3. The van der Waals surface area contributed by atoms with Gasteiger partial charge >= 0.3 is 5.97 Å². The zero-order valence-electron chi connectivity index (χ0n) is 11.7. The second-order valence-electron chi connectivity index (χ2n) is 4.70. The van der Waals surface area contributed by atoms with Gasteiger partial charge < -0.3 is 9.84 Å².